The van der Waals surface area contributed by atoms with Crippen LogP contribution in [0.15, 0.2) is 42.5 Å². The summed E-state index contributed by atoms with van der Waals surface area (Å²) in [6.07, 6.45) is 4.40. The molecule has 1 heterocycles. The maximum absolute atomic E-state index is 12.4. The molecule has 1 aliphatic rings. The fourth-order valence-corrected chi connectivity index (χ4v) is 4.28. The van der Waals surface area contributed by atoms with Crippen molar-refractivity contribution in [3.63, 3.8) is 0 Å². The van der Waals surface area contributed by atoms with Gasteiger partial charge in [-0.05, 0) is 12.0 Å². The van der Waals surface area contributed by atoms with Gasteiger partial charge in [0, 0.05) is 12.8 Å². The van der Waals surface area contributed by atoms with Crippen molar-refractivity contribution >= 4 is 15.6 Å². The van der Waals surface area contributed by atoms with Crippen LogP contribution in [0.2, 0.25) is 0 Å². The van der Waals surface area contributed by atoms with E-state index in [9.17, 15) is 13.2 Å². The molecular formula is C15H18O3S. The number of carbonyl (C=O) groups is 1. The Kier molecular flexibility index (Phi) is 3.90. The molecule has 0 amide bonds. The fourth-order valence-electron chi connectivity index (χ4n) is 2.49. The zero-order valence-electron chi connectivity index (χ0n) is 11.0. The average molecular weight is 278 g/mol. The van der Waals surface area contributed by atoms with Crippen LogP contribution in [0.1, 0.15) is 25.3 Å². The maximum atomic E-state index is 12.4. The Morgan fingerprint density at radius 3 is 2.47 bits per heavy atom. The second-order valence-corrected chi connectivity index (χ2v) is 7.20. The van der Waals surface area contributed by atoms with Crippen LogP contribution >= 0.6 is 0 Å². The SMILES string of the molecule is CCCC(=O)C1(Cc2ccccc2)C=CCS1(=O)=O. The molecule has 19 heavy (non-hydrogen) atoms. The first kappa shape index (κ1) is 14.0. The van der Waals surface area contributed by atoms with Gasteiger partial charge in [-0.3, -0.25) is 4.79 Å². The molecule has 0 spiro atoms. The van der Waals surface area contributed by atoms with Crippen LogP contribution in [0.25, 0.3) is 0 Å². The number of hydrogen-bond acceptors (Lipinski definition) is 3. The van der Waals surface area contributed by atoms with Crippen LogP contribution < -0.4 is 0 Å². The highest BCUT2D eigenvalue weighted by Gasteiger charge is 2.49. The average Bonchev–Trinajstić information content (AvgIpc) is 2.67. The van der Waals surface area contributed by atoms with Gasteiger partial charge in [0.15, 0.2) is 20.4 Å². The van der Waals surface area contributed by atoms with Crippen molar-refractivity contribution in [2.45, 2.75) is 30.9 Å². The minimum atomic E-state index is -3.43. The molecule has 0 aromatic heterocycles. The van der Waals surface area contributed by atoms with Crippen molar-refractivity contribution in [1.82, 2.24) is 0 Å². The van der Waals surface area contributed by atoms with E-state index in [1.807, 2.05) is 37.3 Å². The fraction of sp³-hybridized carbons (Fsp3) is 0.400. The van der Waals surface area contributed by atoms with Gasteiger partial charge in [-0.1, -0.05) is 49.4 Å². The van der Waals surface area contributed by atoms with E-state index in [-0.39, 0.29) is 18.0 Å². The van der Waals surface area contributed by atoms with E-state index in [4.69, 9.17) is 0 Å². The molecule has 0 N–H and O–H groups in total. The number of rotatable bonds is 5. The maximum Gasteiger partial charge on any atom is 0.170 e. The van der Waals surface area contributed by atoms with Gasteiger partial charge in [-0.2, -0.15) is 0 Å². The van der Waals surface area contributed by atoms with Crippen molar-refractivity contribution in [3.8, 4) is 0 Å². The van der Waals surface area contributed by atoms with Gasteiger partial charge < -0.3 is 0 Å². The molecule has 0 saturated carbocycles. The van der Waals surface area contributed by atoms with Crippen molar-refractivity contribution in [2.24, 2.45) is 0 Å². The summed E-state index contributed by atoms with van der Waals surface area (Å²) in [6.45, 7) is 1.89. The van der Waals surface area contributed by atoms with Crippen LogP contribution in [0.3, 0.4) is 0 Å². The molecule has 0 radical (unpaired) electrons. The lowest BCUT2D eigenvalue weighted by Crippen LogP contribution is -2.45. The molecule has 2 rings (SSSR count). The van der Waals surface area contributed by atoms with Crippen LogP contribution in [-0.2, 0) is 21.1 Å². The van der Waals surface area contributed by atoms with Crippen molar-refractivity contribution in [2.75, 3.05) is 5.75 Å². The van der Waals surface area contributed by atoms with E-state index >= 15 is 0 Å². The van der Waals surface area contributed by atoms with E-state index in [0.717, 1.165) is 5.56 Å². The molecule has 4 heteroatoms. The van der Waals surface area contributed by atoms with Crippen molar-refractivity contribution in [3.05, 3.63) is 48.0 Å². The van der Waals surface area contributed by atoms with Gasteiger partial charge in [0.05, 0.1) is 5.75 Å². The lowest BCUT2D eigenvalue weighted by atomic mass is 9.91. The minimum absolute atomic E-state index is 0.0325. The van der Waals surface area contributed by atoms with Crippen LogP contribution in [0, 0.1) is 0 Å². The third-order valence-corrected chi connectivity index (χ3v) is 5.77. The van der Waals surface area contributed by atoms with E-state index < -0.39 is 14.6 Å². The lowest BCUT2D eigenvalue weighted by molar-refractivity contribution is -0.120. The Morgan fingerprint density at radius 2 is 1.95 bits per heavy atom. The van der Waals surface area contributed by atoms with E-state index in [2.05, 4.69) is 0 Å². The highest BCUT2D eigenvalue weighted by atomic mass is 32.2. The smallest absolute Gasteiger partial charge is 0.170 e. The quantitative estimate of drug-likeness (QED) is 0.777. The first-order valence-electron chi connectivity index (χ1n) is 6.49. The first-order valence-corrected chi connectivity index (χ1v) is 8.14. The van der Waals surface area contributed by atoms with Gasteiger partial charge in [0.2, 0.25) is 0 Å². The van der Waals surface area contributed by atoms with Gasteiger partial charge in [-0.15, -0.1) is 0 Å². The van der Waals surface area contributed by atoms with Crippen LogP contribution in [-0.4, -0.2) is 24.7 Å². The Bertz CT molecular complexity index is 587. The Morgan fingerprint density at radius 1 is 1.26 bits per heavy atom. The lowest BCUT2D eigenvalue weighted by Gasteiger charge is -2.25. The second-order valence-electron chi connectivity index (χ2n) is 4.91. The number of sulfone groups is 1. The molecule has 0 fully saturated rings. The third-order valence-electron chi connectivity index (χ3n) is 3.52. The number of hydrogen-bond donors (Lipinski definition) is 0. The third kappa shape index (κ3) is 2.50. The largest absolute Gasteiger partial charge is 0.298 e. The van der Waals surface area contributed by atoms with Gasteiger partial charge in [0.1, 0.15) is 0 Å². The second kappa shape index (κ2) is 5.29. The molecule has 1 atom stereocenters. The number of Topliss-reactive ketones (excluding diaryl/α,β-unsaturated/α-hetero) is 1. The molecule has 102 valence electrons. The molecule has 1 unspecified atom stereocenters. The Hall–Kier alpha value is -1.42. The standard InChI is InChI=1S/C15H18O3S/c1-2-7-14(16)15(10-6-11-19(15,17)18)12-13-8-4-3-5-9-13/h3-6,8-10H,2,7,11-12H2,1H3. The van der Waals surface area contributed by atoms with Crippen LogP contribution in [0.4, 0.5) is 0 Å². The van der Waals surface area contributed by atoms with E-state index in [1.165, 1.54) is 0 Å². The molecule has 0 aliphatic carbocycles. The highest BCUT2D eigenvalue weighted by Crippen LogP contribution is 2.33. The zero-order valence-corrected chi connectivity index (χ0v) is 11.8. The molecule has 0 bridgehead atoms. The van der Waals surface area contributed by atoms with E-state index in [0.29, 0.717) is 12.8 Å². The molecule has 1 aromatic carbocycles. The number of benzene rings is 1. The van der Waals surface area contributed by atoms with Gasteiger partial charge >= 0.3 is 0 Å². The molecular weight excluding hydrogens is 260 g/mol. The Balaban J connectivity index is 2.42. The van der Waals surface area contributed by atoms with Crippen molar-refractivity contribution < 1.29 is 13.2 Å². The summed E-state index contributed by atoms with van der Waals surface area (Å²) in [5.74, 6) is -0.220. The summed E-state index contributed by atoms with van der Waals surface area (Å²) in [5, 5.41) is 0. The Labute approximate surface area is 114 Å². The first-order chi connectivity index (χ1) is 9.02. The predicted octanol–water partition coefficient (Wildman–Crippen LogP) is 2.32. The summed E-state index contributed by atoms with van der Waals surface area (Å²) < 4.78 is 23.3. The zero-order chi connectivity index (χ0) is 13.9. The molecule has 0 saturated heterocycles. The van der Waals surface area contributed by atoms with Gasteiger partial charge in [0.25, 0.3) is 0 Å². The molecule has 3 nitrogen and oxygen atoms in total. The summed E-state index contributed by atoms with van der Waals surface area (Å²) >= 11 is 0. The van der Waals surface area contributed by atoms with Crippen molar-refractivity contribution in [1.29, 1.82) is 0 Å². The number of ketones is 1. The highest BCUT2D eigenvalue weighted by molar-refractivity contribution is 7.94. The summed E-state index contributed by atoms with van der Waals surface area (Å²) in [5.41, 5.74) is 0.877. The molecule has 1 aromatic rings. The minimum Gasteiger partial charge on any atom is -0.298 e. The topological polar surface area (TPSA) is 51.2 Å². The molecule has 1 aliphatic heterocycles. The monoisotopic (exact) mass is 278 g/mol. The predicted molar refractivity (Wildman–Crippen MR) is 75.7 cm³/mol. The van der Waals surface area contributed by atoms with Gasteiger partial charge in [-0.25, -0.2) is 8.42 Å². The summed E-state index contributed by atoms with van der Waals surface area (Å²) in [7, 11) is -3.43. The van der Waals surface area contributed by atoms with E-state index in [1.54, 1.807) is 12.2 Å². The summed E-state index contributed by atoms with van der Waals surface area (Å²) in [6, 6.07) is 9.32. The summed E-state index contributed by atoms with van der Waals surface area (Å²) in [4.78, 5) is 12.4. The number of carbonyl (C=O) groups excluding carboxylic acids is 1. The normalized spacial score (nSPS) is 24.5. The van der Waals surface area contributed by atoms with Crippen LogP contribution in [0.5, 0.6) is 0 Å².